The van der Waals surface area contributed by atoms with E-state index in [2.05, 4.69) is 4.72 Å². The zero-order valence-corrected chi connectivity index (χ0v) is 14.4. The smallest absolute Gasteiger partial charge is 0.229 e. The van der Waals surface area contributed by atoms with Gasteiger partial charge in [-0.3, -0.25) is 0 Å². The van der Waals surface area contributed by atoms with Crippen molar-refractivity contribution in [1.29, 1.82) is 0 Å². The number of hydrogen-bond acceptors (Lipinski definition) is 4. The third-order valence-corrected chi connectivity index (χ3v) is 7.60. The minimum atomic E-state index is -3.74. The second kappa shape index (κ2) is 5.07. The molecule has 21 heavy (non-hydrogen) atoms. The van der Waals surface area contributed by atoms with Crippen molar-refractivity contribution in [3.63, 3.8) is 0 Å². The van der Waals surface area contributed by atoms with Crippen molar-refractivity contribution in [3.8, 4) is 0 Å². The van der Waals surface area contributed by atoms with Crippen molar-refractivity contribution in [3.05, 3.63) is 28.8 Å². The fourth-order valence-electron chi connectivity index (χ4n) is 3.06. The van der Waals surface area contributed by atoms with E-state index in [1.54, 1.807) is 20.8 Å². The number of sulfone groups is 1. The average molecular weight is 331 g/mol. The van der Waals surface area contributed by atoms with Crippen LogP contribution < -0.4 is 4.72 Å². The Balaban J connectivity index is 2.41. The molecule has 1 heterocycles. The standard InChI is InChI=1S/C14H21NO4S2/c1-10-7-11(2)13(12(3)8-10)21(18,19)15-14(4)5-6-20(16,17)9-14/h7-8,15H,5-6,9H2,1-4H3/t14-/m0/s1. The van der Waals surface area contributed by atoms with E-state index in [1.165, 1.54) is 0 Å². The number of nitrogens with one attached hydrogen (secondary N) is 1. The maximum absolute atomic E-state index is 12.7. The molecule has 1 aliphatic rings. The van der Waals surface area contributed by atoms with Gasteiger partial charge in [-0.2, -0.15) is 0 Å². The molecular formula is C14H21NO4S2. The van der Waals surface area contributed by atoms with Crippen molar-refractivity contribution < 1.29 is 16.8 Å². The monoisotopic (exact) mass is 331 g/mol. The van der Waals surface area contributed by atoms with Crippen molar-refractivity contribution in [2.45, 2.75) is 44.6 Å². The van der Waals surface area contributed by atoms with Crippen LogP contribution in [0.3, 0.4) is 0 Å². The van der Waals surface area contributed by atoms with Gasteiger partial charge in [-0.1, -0.05) is 17.7 Å². The lowest BCUT2D eigenvalue weighted by Crippen LogP contribution is -2.47. The van der Waals surface area contributed by atoms with Crippen LogP contribution in [0.4, 0.5) is 0 Å². The molecule has 1 atom stereocenters. The Labute approximate surface area is 126 Å². The third kappa shape index (κ3) is 3.46. The number of hydrogen-bond donors (Lipinski definition) is 1. The molecule has 1 aromatic rings. The molecule has 0 saturated carbocycles. The topological polar surface area (TPSA) is 80.3 Å². The van der Waals surface area contributed by atoms with Crippen LogP contribution in [0.1, 0.15) is 30.0 Å². The second-order valence-electron chi connectivity index (χ2n) is 6.24. The summed E-state index contributed by atoms with van der Waals surface area (Å²) < 4.78 is 51.1. The number of rotatable bonds is 3. The maximum Gasteiger partial charge on any atom is 0.241 e. The van der Waals surface area contributed by atoms with Crippen LogP contribution in [-0.2, 0) is 19.9 Å². The molecule has 0 unspecified atom stereocenters. The number of aryl methyl sites for hydroxylation is 3. The first-order valence-electron chi connectivity index (χ1n) is 6.76. The van der Waals surface area contributed by atoms with Crippen LogP contribution in [-0.4, -0.2) is 33.9 Å². The van der Waals surface area contributed by atoms with E-state index < -0.39 is 25.4 Å². The molecule has 118 valence electrons. The Hall–Kier alpha value is -0.920. The molecule has 0 amide bonds. The molecule has 1 N–H and O–H groups in total. The highest BCUT2D eigenvalue weighted by Crippen LogP contribution is 2.28. The van der Waals surface area contributed by atoms with Crippen LogP contribution in [0.2, 0.25) is 0 Å². The summed E-state index contributed by atoms with van der Waals surface area (Å²) in [6.07, 6.45) is 0.304. The van der Waals surface area contributed by atoms with Crippen LogP contribution in [0, 0.1) is 20.8 Å². The van der Waals surface area contributed by atoms with Gasteiger partial charge in [-0.25, -0.2) is 21.6 Å². The van der Waals surface area contributed by atoms with E-state index in [4.69, 9.17) is 0 Å². The van der Waals surface area contributed by atoms with Crippen molar-refractivity contribution >= 4 is 19.9 Å². The van der Waals surface area contributed by atoms with Gasteiger partial charge >= 0.3 is 0 Å². The summed E-state index contributed by atoms with van der Waals surface area (Å²) in [7, 11) is -6.91. The molecule has 1 aromatic carbocycles. The summed E-state index contributed by atoms with van der Waals surface area (Å²) in [5, 5.41) is 0. The summed E-state index contributed by atoms with van der Waals surface area (Å²) in [6, 6.07) is 3.63. The van der Waals surface area contributed by atoms with Gasteiger partial charge in [0.25, 0.3) is 0 Å². The zero-order chi connectivity index (χ0) is 16.1. The van der Waals surface area contributed by atoms with Crippen LogP contribution in [0.25, 0.3) is 0 Å². The molecule has 7 heteroatoms. The van der Waals surface area contributed by atoms with Crippen LogP contribution in [0.5, 0.6) is 0 Å². The first kappa shape index (κ1) is 16.5. The molecule has 5 nitrogen and oxygen atoms in total. The molecule has 1 saturated heterocycles. The normalized spacial score (nSPS) is 25.1. The maximum atomic E-state index is 12.7. The van der Waals surface area contributed by atoms with Gasteiger partial charge in [0.05, 0.1) is 16.4 Å². The Morgan fingerprint density at radius 1 is 1.14 bits per heavy atom. The predicted molar refractivity (Wildman–Crippen MR) is 82.7 cm³/mol. The van der Waals surface area contributed by atoms with Crippen molar-refractivity contribution in [2.24, 2.45) is 0 Å². The molecule has 1 aliphatic heterocycles. The van der Waals surface area contributed by atoms with Crippen LogP contribution >= 0.6 is 0 Å². The molecule has 0 spiro atoms. The Morgan fingerprint density at radius 3 is 2.10 bits per heavy atom. The minimum Gasteiger partial charge on any atom is -0.229 e. The second-order valence-corrected chi connectivity index (χ2v) is 10.0. The predicted octanol–water partition coefficient (Wildman–Crippen LogP) is 1.47. The van der Waals surface area contributed by atoms with Gasteiger partial charge in [0.15, 0.2) is 9.84 Å². The van der Waals surface area contributed by atoms with E-state index >= 15 is 0 Å². The first-order chi connectivity index (χ1) is 9.44. The lowest BCUT2D eigenvalue weighted by molar-refractivity contribution is 0.461. The van der Waals surface area contributed by atoms with Gasteiger partial charge < -0.3 is 0 Å². The molecule has 1 fully saturated rings. The highest BCUT2D eigenvalue weighted by Gasteiger charge is 2.41. The van der Waals surface area contributed by atoms with Gasteiger partial charge in [0.1, 0.15) is 0 Å². The van der Waals surface area contributed by atoms with E-state index in [9.17, 15) is 16.8 Å². The van der Waals surface area contributed by atoms with Crippen molar-refractivity contribution in [1.82, 2.24) is 4.72 Å². The Bertz CT molecular complexity index is 758. The largest absolute Gasteiger partial charge is 0.241 e. The highest BCUT2D eigenvalue weighted by atomic mass is 32.2. The summed E-state index contributed by atoms with van der Waals surface area (Å²) in [6.45, 7) is 7.06. The number of sulfonamides is 1. The zero-order valence-electron chi connectivity index (χ0n) is 12.7. The van der Waals surface area contributed by atoms with Crippen molar-refractivity contribution in [2.75, 3.05) is 11.5 Å². The van der Waals surface area contributed by atoms with Gasteiger partial charge in [-0.15, -0.1) is 0 Å². The summed E-state index contributed by atoms with van der Waals surface area (Å²) >= 11 is 0. The van der Waals surface area contributed by atoms with E-state index in [0.717, 1.165) is 5.56 Å². The Kier molecular flexibility index (Phi) is 3.97. The summed E-state index contributed by atoms with van der Waals surface area (Å²) in [5.74, 6) is -0.124. The SMILES string of the molecule is Cc1cc(C)c(S(=O)(=O)N[C@@]2(C)CCS(=O)(=O)C2)c(C)c1. The summed E-state index contributed by atoms with van der Waals surface area (Å²) in [5.41, 5.74) is 1.41. The minimum absolute atomic E-state index is 0.0257. The van der Waals surface area contributed by atoms with Crippen LogP contribution in [0.15, 0.2) is 17.0 Å². The molecule has 2 rings (SSSR count). The third-order valence-electron chi connectivity index (χ3n) is 3.76. The summed E-state index contributed by atoms with van der Waals surface area (Å²) in [4.78, 5) is 0.249. The quantitative estimate of drug-likeness (QED) is 0.909. The molecule has 0 aliphatic carbocycles. The molecule has 0 radical (unpaired) electrons. The highest BCUT2D eigenvalue weighted by molar-refractivity contribution is 7.92. The lowest BCUT2D eigenvalue weighted by Gasteiger charge is -2.25. The first-order valence-corrected chi connectivity index (χ1v) is 10.1. The fraction of sp³-hybridized carbons (Fsp3) is 0.571. The van der Waals surface area contributed by atoms with E-state index in [-0.39, 0.29) is 16.4 Å². The van der Waals surface area contributed by atoms with E-state index in [0.29, 0.717) is 17.5 Å². The molecule has 0 aromatic heterocycles. The fourth-order valence-corrected chi connectivity index (χ4v) is 7.13. The molecular weight excluding hydrogens is 310 g/mol. The van der Waals surface area contributed by atoms with Gasteiger partial charge in [0, 0.05) is 5.54 Å². The number of benzene rings is 1. The molecule has 0 bridgehead atoms. The van der Waals surface area contributed by atoms with E-state index in [1.807, 2.05) is 19.1 Å². The Morgan fingerprint density at radius 2 is 1.67 bits per heavy atom. The average Bonchev–Trinajstić information content (AvgIpc) is 2.48. The lowest BCUT2D eigenvalue weighted by atomic mass is 10.0. The van der Waals surface area contributed by atoms with Gasteiger partial charge in [0.2, 0.25) is 10.0 Å². The van der Waals surface area contributed by atoms with Gasteiger partial charge in [-0.05, 0) is 45.2 Å².